The van der Waals surface area contributed by atoms with Gasteiger partial charge in [-0.05, 0) is 23.3 Å². The number of carbonyl (C=O) groups is 1. The van der Waals surface area contributed by atoms with E-state index in [4.69, 9.17) is 10.5 Å². The zero-order chi connectivity index (χ0) is 25.2. The van der Waals surface area contributed by atoms with Crippen molar-refractivity contribution >= 4 is 11.6 Å². The lowest BCUT2D eigenvalue weighted by Crippen LogP contribution is -2.41. The predicted octanol–water partition coefficient (Wildman–Crippen LogP) is 5.37. The highest BCUT2D eigenvalue weighted by Crippen LogP contribution is 2.39. The van der Waals surface area contributed by atoms with Gasteiger partial charge in [0.05, 0.1) is 13.2 Å². The van der Waals surface area contributed by atoms with Crippen LogP contribution in [0.25, 0.3) is 0 Å². The van der Waals surface area contributed by atoms with Crippen molar-refractivity contribution in [2.24, 2.45) is 5.73 Å². The van der Waals surface area contributed by atoms with E-state index in [0.29, 0.717) is 16.9 Å². The lowest BCUT2D eigenvalue weighted by Gasteiger charge is -2.25. The summed E-state index contributed by atoms with van der Waals surface area (Å²) in [4.78, 5) is 12.8. The van der Waals surface area contributed by atoms with Gasteiger partial charge in [0.15, 0.2) is 23.3 Å². The summed E-state index contributed by atoms with van der Waals surface area (Å²) in [6.45, 7) is 0. The maximum atomic E-state index is 14.2. The van der Waals surface area contributed by atoms with Gasteiger partial charge in [0.1, 0.15) is 17.0 Å². The van der Waals surface area contributed by atoms with Crippen LogP contribution in [0.4, 0.5) is 36.4 Å². The number of methoxy groups -OCH3 is 1. The molecular weight excluding hydrogens is 469 g/mol. The second kappa shape index (κ2) is 9.72. The van der Waals surface area contributed by atoms with Crippen LogP contribution < -0.4 is 15.8 Å². The van der Waals surface area contributed by atoms with Crippen LogP contribution >= 0.6 is 0 Å². The highest BCUT2D eigenvalue weighted by Gasteiger charge is 2.43. The third-order valence-corrected chi connectivity index (χ3v) is 5.07. The Morgan fingerprint density at radius 2 is 1.44 bits per heavy atom. The first-order valence-electron chi connectivity index (χ1n) is 9.65. The third-order valence-electron chi connectivity index (χ3n) is 5.07. The molecule has 0 aliphatic heterocycles. The molecule has 2 atom stereocenters. The summed E-state index contributed by atoms with van der Waals surface area (Å²) in [6, 6.07) is 13.0. The predicted molar refractivity (Wildman–Crippen MR) is 109 cm³/mol. The van der Waals surface area contributed by atoms with Gasteiger partial charge in [-0.25, -0.2) is 17.6 Å². The smallest absolute Gasteiger partial charge is 0.422 e. The minimum atomic E-state index is -5.71. The lowest BCUT2D eigenvalue weighted by molar-refractivity contribution is -0.143. The van der Waals surface area contributed by atoms with Crippen molar-refractivity contribution in [3.05, 3.63) is 94.6 Å². The fourth-order valence-electron chi connectivity index (χ4n) is 3.45. The monoisotopic (exact) mass is 486 g/mol. The number of hydrogen-bond acceptors (Lipinski definition) is 3. The maximum Gasteiger partial charge on any atom is 0.422 e. The molecule has 180 valence electrons. The van der Waals surface area contributed by atoms with Crippen molar-refractivity contribution in [1.29, 1.82) is 0 Å². The fraction of sp³-hybridized carbons (Fsp3) is 0.174. The number of amides is 1. The number of nitrogens with two attached hydrogens (primary N) is 1. The first-order chi connectivity index (χ1) is 16.0. The molecule has 0 saturated heterocycles. The molecule has 3 N–H and O–H groups in total. The third kappa shape index (κ3) is 4.84. The number of anilines is 1. The number of halogens is 7. The maximum absolute atomic E-state index is 14.2. The van der Waals surface area contributed by atoms with Gasteiger partial charge in [-0.3, -0.25) is 4.79 Å². The van der Waals surface area contributed by atoms with Crippen molar-refractivity contribution in [1.82, 2.24) is 0 Å². The lowest BCUT2D eigenvalue weighted by atomic mass is 9.85. The molecule has 34 heavy (non-hydrogen) atoms. The number of alkyl halides is 3. The Morgan fingerprint density at radius 1 is 0.882 bits per heavy atom. The molecule has 0 heterocycles. The number of rotatable bonds is 6. The molecule has 2 unspecified atom stereocenters. The Bertz CT molecular complexity index is 1170. The quantitative estimate of drug-likeness (QED) is 0.364. The van der Waals surface area contributed by atoms with Crippen molar-refractivity contribution in [3.8, 4) is 5.75 Å². The van der Waals surface area contributed by atoms with Crippen LogP contribution in [0.15, 0.2) is 54.6 Å². The van der Waals surface area contributed by atoms with Crippen LogP contribution in [-0.4, -0.2) is 19.1 Å². The van der Waals surface area contributed by atoms with Crippen LogP contribution in [0.1, 0.15) is 22.6 Å². The molecule has 11 heteroatoms. The normalized spacial score (nSPS) is 13.3. The van der Waals surface area contributed by atoms with Crippen LogP contribution in [0, 0.1) is 23.3 Å². The van der Waals surface area contributed by atoms with E-state index in [0.717, 1.165) is 0 Å². The van der Waals surface area contributed by atoms with Crippen LogP contribution in [0.5, 0.6) is 5.75 Å². The molecule has 0 aliphatic rings. The van der Waals surface area contributed by atoms with Crippen LogP contribution in [0.3, 0.4) is 0 Å². The molecule has 0 radical (unpaired) electrons. The van der Waals surface area contributed by atoms with E-state index < -0.39 is 58.6 Å². The van der Waals surface area contributed by atoms with Gasteiger partial charge in [-0.15, -0.1) is 0 Å². The summed E-state index contributed by atoms with van der Waals surface area (Å²) in [5.41, 5.74) is 2.57. The molecule has 0 aromatic heterocycles. The van der Waals surface area contributed by atoms with Crippen LogP contribution in [-0.2, 0) is 11.0 Å². The van der Waals surface area contributed by atoms with Gasteiger partial charge in [0.25, 0.3) is 0 Å². The first kappa shape index (κ1) is 25.0. The first-order valence-corrected chi connectivity index (χ1v) is 9.65. The van der Waals surface area contributed by atoms with Gasteiger partial charge >= 0.3 is 6.18 Å². The summed E-state index contributed by atoms with van der Waals surface area (Å²) < 4.78 is 99.9. The highest BCUT2D eigenvalue weighted by atomic mass is 19.4. The van der Waals surface area contributed by atoms with Gasteiger partial charge in [0.2, 0.25) is 5.91 Å². The van der Waals surface area contributed by atoms with Gasteiger partial charge in [0, 0.05) is 5.92 Å². The molecule has 1 amide bonds. The molecule has 3 rings (SSSR count). The molecule has 0 spiro atoms. The van der Waals surface area contributed by atoms with Gasteiger partial charge in [-0.2, -0.15) is 13.2 Å². The molecule has 4 nitrogen and oxygen atoms in total. The Balaban J connectivity index is 2.03. The molecule has 0 fully saturated rings. The van der Waals surface area contributed by atoms with E-state index in [-0.39, 0.29) is 0 Å². The van der Waals surface area contributed by atoms with Gasteiger partial charge in [-0.1, -0.05) is 42.5 Å². The molecule has 0 aliphatic carbocycles. The number of benzene rings is 3. The van der Waals surface area contributed by atoms with E-state index >= 15 is 0 Å². The summed E-state index contributed by atoms with van der Waals surface area (Å²) in [7, 11) is 1.41. The summed E-state index contributed by atoms with van der Waals surface area (Å²) in [5.74, 6) is -12.0. The Kier molecular flexibility index (Phi) is 7.15. The topological polar surface area (TPSA) is 64.3 Å². The molecule has 0 saturated carbocycles. The molecule has 0 bridgehead atoms. The Hall–Kier alpha value is -3.60. The summed E-state index contributed by atoms with van der Waals surface area (Å²) in [6.07, 6.45) is -5.71. The zero-order valence-corrected chi connectivity index (χ0v) is 17.4. The minimum Gasteiger partial charge on any atom is -0.497 e. The van der Waals surface area contributed by atoms with Crippen molar-refractivity contribution in [3.63, 3.8) is 0 Å². The molecule has 3 aromatic rings. The average Bonchev–Trinajstić information content (AvgIpc) is 2.80. The van der Waals surface area contributed by atoms with Crippen molar-refractivity contribution in [2.75, 3.05) is 12.4 Å². The molecular formula is C23H17F7N2O2. The van der Waals surface area contributed by atoms with Gasteiger partial charge < -0.3 is 15.8 Å². The standard InChI is InChI=1S/C23H17F7N2O2/c1-34-13-9-5-8-12(10-13)14(11-6-3-2-4-7-11)20(31)22(33)32-21-18(26)16(24)15(23(28,29)30)17(25)19(21)27/h2-10,14,20H,31H2,1H3,(H,32,33). The summed E-state index contributed by atoms with van der Waals surface area (Å²) in [5, 5.41) is 1.59. The number of hydrogen-bond donors (Lipinski definition) is 2. The van der Waals surface area contributed by atoms with Crippen molar-refractivity contribution in [2.45, 2.75) is 18.1 Å². The number of carbonyl (C=O) groups excluding carboxylic acids is 1. The SMILES string of the molecule is COc1cccc(C(c2ccccc2)C(N)C(=O)Nc2c(F)c(F)c(C(F)(F)F)c(F)c2F)c1. The Morgan fingerprint density at radius 3 is 1.97 bits per heavy atom. The largest absolute Gasteiger partial charge is 0.497 e. The fourth-order valence-corrected chi connectivity index (χ4v) is 3.45. The molecule has 3 aromatic carbocycles. The Labute approximate surface area is 189 Å². The average molecular weight is 486 g/mol. The van der Waals surface area contributed by atoms with E-state index in [1.807, 2.05) is 0 Å². The number of ether oxygens (including phenoxy) is 1. The second-order valence-electron chi connectivity index (χ2n) is 7.18. The van der Waals surface area contributed by atoms with Crippen molar-refractivity contribution < 1.29 is 40.3 Å². The highest BCUT2D eigenvalue weighted by molar-refractivity contribution is 5.96. The van der Waals surface area contributed by atoms with E-state index in [1.54, 1.807) is 59.9 Å². The zero-order valence-electron chi connectivity index (χ0n) is 17.4. The van der Waals surface area contributed by atoms with E-state index in [2.05, 4.69) is 0 Å². The van der Waals surface area contributed by atoms with Crippen LogP contribution in [0.2, 0.25) is 0 Å². The number of nitrogens with one attached hydrogen (secondary N) is 1. The van der Waals surface area contributed by atoms with E-state index in [9.17, 15) is 35.5 Å². The summed E-state index contributed by atoms with van der Waals surface area (Å²) >= 11 is 0. The minimum absolute atomic E-state index is 0.412. The van der Waals surface area contributed by atoms with E-state index in [1.165, 1.54) is 7.11 Å². The second-order valence-corrected chi connectivity index (χ2v) is 7.18.